The topological polar surface area (TPSA) is 43.8 Å². The highest BCUT2D eigenvalue weighted by atomic mass is 16.4. The normalized spacial score (nSPS) is 18.7. The van der Waals surface area contributed by atoms with Crippen molar-refractivity contribution in [3.63, 3.8) is 0 Å². The summed E-state index contributed by atoms with van der Waals surface area (Å²) in [6.07, 6.45) is 1.74. The Morgan fingerprint density at radius 1 is 1.64 bits per heavy atom. The highest BCUT2D eigenvalue weighted by Crippen LogP contribution is 2.03. The monoisotopic (exact) mass is 156 g/mol. The summed E-state index contributed by atoms with van der Waals surface area (Å²) in [6.45, 7) is 6.13. The van der Waals surface area contributed by atoms with Crippen LogP contribution in [0.25, 0.3) is 0 Å². The van der Waals surface area contributed by atoms with E-state index in [0.29, 0.717) is 6.67 Å². The lowest BCUT2D eigenvalue weighted by Gasteiger charge is -2.13. The van der Waals surface area contributed by atoms with Crippen molar-refractivity contribution in [2.45, 2.75) is 0 Å². The van der Waals surface area contributed by atoms with Gasteiger partial charge in [-0.05, 0) is 6.20 Å². The molecule has 0 saturated carbocycles. The van der Waals surface area contributed by atoms with E-state index in [1.807, 2.05) is 9.80 Å². The van der Waals surface area contributed by atoms with E-state index in [1.54, 1.807) is 6.20 Å². The molecule has 0 aliphatic carbocycles. The fraction of sp³-hybridized carbons (Fsp3) is 0.571. The van der Waals surface area contributed by atoms with Gasteiger partial charge in [0.1, 0.15) is 0 Å². The zero-order valence-corrected chi connectivity index (χ0v) is 6.36. The number of aliphatic carboxylic acids is 1. The van der Waals surface area contributed by atoms with E-state index in [-0.39, 0.29) is 6.54 Å². The minimum Gasteiger partial charge on any atom is -0.480 e. The lowest BCUT2D eigenvalue weighted by molar-refractivity contribution is -0.138. The van der Waals surface area contributed by atoms with Crippen LogP contribution in [0.4, 0.5) is 0 Å². The summed E-state index contributed by atoms with van der Waals surface area (Å²) in [7, 11) is 0. The summed E-state index contributed by atoms with van der Waals surface area (Å²) in [4.78, 5) is 14.1. The largest absolute Gasteiger partial charge is 0.480 e. The van der Waals surface area contributed by atoms with E-state index in [0.717, 1.165) is 13.1 Å². The smallest absolute Gasteiger partial charge is 0.317 e. The second-order valence-corrected chi connectivity index (χ2v) is 2.58. The molecule has 1 saturated heterocycles. The van der Waals surface area contributed by atoms with E-state index < -0.39 is 5.97 Å². The first kappa shape index (κ1) is 8.07. The average molecular weight is 156 g/mol. The summed E-state index contributed by atoms with van der Waals surface area (Å²) in [5, 5.41) is 8.45. The Morgan fingerprint density at radius 3 is 2.82 bits per heavy atom. The van der Waals surface area contributed by atoms with Gasteiger partial charge in [-0.1, -0.05) is 6.58 Å². The van der Waals surface area contributed by atoms with Gasteiger partial charge in [-0.15, -0.1) is 0 Å². The van der Waals surface area contributed by atoms with Gasteiger partial charge in [-0.3, -0.25) is 9.69 Å². The molecule has 0 spiro atoms. The molecular weight excluding hydrogens is 144 g/mol. The molecule has 0 unspecified atom stereocenters. The van der Waals surface area contributed by atoms with Crippen molar-refractivity contribution in [1.29, 1.82) is 0 Å². The summed E-state index contributed by atoms with van der Waals surface area (Å²) in [5.74, 6) is -0.768. The molecule has 0 bridgehead atoms. The number of rotatable bonds is 3. The third-order valence-corrected chi connectivity index (χ3v) is 1.70. The third kappa shape index (κ3) is 2.23. The minimum absolute atomic E-state index is 0.129. The Labute approximate surface area is 65.7 Å². The molecule has 0 radical (unpaired) electrons. The highest BCUT2D eigenvalue weighted by molar-refractivity contribution is 5.69. The summed E-state index contributed by atoms with van der Waals surface area (Å²) in [5.41, 5.74) is 0. The quantitative estimate of drug-likeness (QED) is 0.614. The van der Waals surface area contributed by atoms with Gasteiger partial charge < -0.3 is 10.0 Å². The van der Waals surface area contributed by atoms with E-state index >= 15 is 0 Å². The number of carboxylic acid groups (broad SMARTS) is 1. The zero-order chi connectivity index (χ0) is 8.27. The van der Waals surface area contributed by atoms with Crippen molar-refractivity contribution in [3.05, 3.63) is 12.8 Å². The van der Waals surface area contributed by atoms with Crippen LogP contribution >= 0.6 is 0 Å². The molecule has 1 aliphatic rings. The lowest BCUT2D eigenvalue weighted by atomic mass is 10.5. The first-order valence-electron chi connectivity index (χ1n) is 3.53. The minimum atomic E-state index is -0.768. The van der Waals surface area contributed by atoms with Crippen LogP contribution < -0.4 is 0 Å². The van der Waals surface area contributed by atoms with Gasteiger partial charge in [-0.2, -0.15) is 0 Å². The summed E-state index contributed by atoms with van der Waals surface area (Å²) < 4.78 is 0. The van der Waals surface area contributed by atoms with Crippen molar-refractivity contribution >= 4 is 5.97 Å². The Bertz CT molecular complexity index is 170. The van der Waals surface area contributed by atoms with E-state index in [1.165, 1.54) is 0 Å². The van der Waals surface area contributed by atoms with Crippen LogP contribution in [0.3, 0.4) is 0 Å². The molecule has 0 atom stereocenters. The molecule has 1 aliphatic heterocycles. The van der Waals surface area contributed by atoms with Crippen LogP contribution in [-0.4, -0.2) is 47.2 Å². The highest BCUT2D eigenvalue weighted by Gasteiger charge is 2.18. The van der Waals surface area contributed by atoms with Crippen LogP contribution in [0.15, 0.2) is 12.8 Å². The maximum absolute atomic E-state index is 10.3. The SMILES string of the molecule is C=CN1CCN(CC(=O)O)C1. The summed E-state index contributed by atoms with van der Waals surface area (Å²) in [6, 6.07) is 0. The van der Waals surface area contributed by atoms with E-state index in [4.69, 9.17) is 5.11 Å². The molecule has 0 amide bonds. The molecule has 0 aromatic heterocycles. The van der Waals surface area contributed by atoms with Gasteiger partial charge in [-0.25, -0.2) is 0 Å². The van der Waals surface area contributed by atoms with Gasteiger partial charge in [0, 0.05) is 13.1 Å². The third-order valence-electron chi connectivity index (χ3n) is 1.70. The maximum Gasteiger partial charge on any atom is 0.317 e. The molecule has 4 heteroatoms. The molecule has 4 nitrogen and oxygen atoms in total. The predicted octanol–water partition coefficient (Wildman–Crippen LogP) is -0.210. The van der Waals surface area contributed by atoms with Crippen molar-refractivity contribution in [1.82, 2.24) is 9.80 Å². The van der Waals surface area contributed by atoms with Crippen LogP contribution in [0.2, 0.25) is 0 Å². The van der Waals surface area contributed by atoms with Crippen molar-refractivity contribution in [2.75, 3.05) is 26.3 Å². The summed E-state index contributed by atoms with van der Waals surface area (Å²) >= 11 is 0. The average Bonchev–Trinajstić information content (AvgIpc) is 2.34. The Kier molecular flexibility index (Phi) is 2.48. The number of carbonyl (C=O) groups is 1. The first-order valence-corrected chi connectivity index (χ1v) is 3.53. The molecule has 1 rings (SSSR count). The number of hydrogen-bond acceptors (Lipinski definition) is 3. The number of hydrogen-bond donors (Lipinski definition) is 1. The second-order valence-electron chi connectivity index (χ2n) is 2.58. The maximum atomic E-state index is 10.3. The first-order chi connectivity index (χ1) is 5.22. The molecule has 1 N–H and O–H groups in total. The number of carboxylic acids is 1. The zero-order valence-electron chi connectivity index (χ0n) is 6.36. The predicted molar refractivity (Wildman–Crippen MR) is 41.0 cm³/mol. The van der Waals surface area contributed by atoms with Gasteiger partial charge in [0.05, 0.1) is 13.2 Å². The number of nitrogens with zero attached hydrogens (tertiary/aromatic N) is 2. The Balaban J connectivity index is 2.29. The van der Waals surface area contributed by atoms with Gasteiger partial charge in [0.15, 0.2) is 0 Å². The lowest BCUT2D eigenvalue weighted by Crippen LogP contribution is -2.28. The van der Waals surface area contributed by atoms with Crippen LogP contribution in [0.5, 0.6) is 0 Å². The fourth-order valence-corrected chi connectivity index (χ4v) is 1.14. The molecule has 1 heterocycles. The Morgan fingerprint density at radius 2 is 2.36 bits per heavy atom. The molecule has 0 aromatic carbocycles. The van der Waals surface area contributed by atoms with Gasteiger partial charge in [0.25, 0.3) is 0 Å². The van der Waals surface area contributed by atoms with Crippen LogP contribution in [0.1, 0.15) is 0 Å². The molecule has 0 aromatic rings. The van der Waals surface area contributed by atoms with Crippen molar-refractivity contribution in [3.8, 4) is 0 Å². The molecule has 62 valence electrons. The van der Waals surface area contributed by atoms with E-state index in [9.17, 15) is 4.79 Å². The van der Waals surface area contributed by atoms with E-state index in [2.05, 4.69) is 6.58 Å². The molecule has 1 fully saturated rings. The van der Waals surface area contributed by atoms with Gasteiger partial charge in [0.2, 0.25) is 0 Å². The standard InChI is InChI=1S/C7H12N2O2/c1-2-8-3-4-9(6-8)5-7(10)11/h2H,1,3-6H2,(H,10,11). The molecular formula is C7H12N2O2. The van der Waals surface area contributed by atoms with Crippen molar-refractivity contribution < 1.29 is 9.90 Å². The fourth-order valence-electron chi connectivity index (χ4n) is 1.14. The second kappa shape index (κ2) is 3.39. The Hall–Kier alpha value is -1.03. The molecule has 11 heavy (non-hydrogen) atoms. The van der Waals surface area contributed by atoms with Crippen LogP contribution in [0, 0.1) is 0 Å². The van der Waals surface area contributed by atoms with Crippen LogP contribution in [-0.2, 0) is 4.79 Å². The van der Waals surface area contributed by atoms with Gasteiger partial charge >= 0.3 is 5.97 Å². The van der Waals surface area contributed by atoms with Crippen molar-refractivity contribution in [2.24, 2.45) is 0 Å².